The Morgan fingerprint density at radius 3 is 2.22 bits per heavy atom. The van der Waals surface area contributed by atoms with Crippen LogP contribution in [0, 0.1) is 23.6 Å². The molecule has 6 rings (SSSR count). The number of hydrogen-bond acceptors (Lipinski definition) is 8. The third kappa shape index (κ3) is 4.40. The second-order valence-electron chi connectivity index (χ2n) is 11.8. The Kier molecular flexibility index (Phi) is 7.79. The third-order valence-electron chi connectivity index (χ3n) is 9.58. The highest BCUT2D eigenvalue weighted by Crippen LogP contribution is 2.67. The first-order valence-electron chi connectivity index (χ1n) is 14.5. The van der Waals surface area contributed by atoms with Gasteiger partial charge in [-0.25, -0.2) is 9.29 Å². The molecule has 2 aliphatic heterocycles. The minimum Gasteiger partial charge on any atom is -0.508 e. The third-order valence-corrected chi connectivity index (χ3v) is 11.0. The van der Waals surface area contributed by atoms with Crippen molar-refractivity contribution in [3.05, 3.63) is 59.4 Å². The molecule has 3 fully saturated rings. The van der Waals surface area contributed by atoms with Crippen molar-refractivity contribution < 1.29 is 48.0 Å². The van der Waals surface area contributed by atoms with Crippen molar-refractivity contribution in [1.82, 2.24) is 4.90 Å². The number of carbonyl (C=O) groups is 5. The van der Waals surface area contributed by atoms with E-state index < -0.39 is 68.8 Å². The average molecular weight is 675 g/mol. The topological polar surface area (TPSA) is 151 Å². The molecule has 2 aromatic carbocycles. The number of anilines is 1. The summed E-state index contributed by atoms with van der Waals surface area (Å²) in [6.07, 6.45) is 1.35. The van der Waals surface area contributed by atoms with Crippen molar-refractivity contribution >= 4 is 58.5 Å². The number of hydrogen-bond donors (Lipinski definition) is 2. The summed E-state index contributed by atoms with van der Waals surface area (Å²) in [5.41, 5.74) is 0.681. The number of nitrogens with zero attached hydrogens (tertiary/aromatic N) is 2. The molecule has 14 heteroatoms. The molecule has 0 bridgehead atoms. The number of phenols is 1. The van der Waals surface area contributed by atoms with Gasteiger partial charge in [0.25, 0.3) is 11.8 Å². The fourth-order valence-corrected chi connectivity index (χ4v) is 8.52. The second kappa shape index (κ2) is 11.3. The lowest BCUT2D eigenvalue weighted by atomic mass is 9.56. The van der Waals surface area contributed by atoms with E-state index in [1.807, 2.05) is 0 Å². The predicted octanol–water partition coefficient (Wildman–Crippen LogP) is 3.98. The largest absolute Gasteiger partial charge is 0.508 e. The Bertz CT molecular complexity index is 1690. The van der Waals surface area contributed by atoms with E-state index in [0.717, 1.165) is 21.9 Å². The van der Waals surface area contributed by atoms with Crippen molar-refractivity contribution in [3.63, 3.8) is 0 Å². The maximum Gasteiger partial charge on any atom is 0.303 e. The number of rotatable bonds is 8. The van der Waals surface area contributed by atoms with Crippen molar-refractivity contribution in [2.75, 3.05) is 25.7 Å². The van der Waals surface area contributed by atoms with Crippen LogP contribution in [-0.4, -0.2) is 75.2 Å². The fraction of sp³-hybridized carbons (Fsp3) is 0.406. The zero-order valence-electron chi connectivity index (χ0n) is 24.7. The van der Waals surface area contributed by atoms with E-state index in [-0.39, 0.29) is 60.7 Å². The number of benzene rings is 2. The Labute approximate surface area is 272 Å². The monoisotopic (exact) mass is 674 g/mol. The number of carboxylic acids is 1. The van der Waals surface area contributed by atoms with Gasteiger partial charge in [-0.05, 0) is 49.4 Å². The molecule has 2 aliphatic carbocycles. The SMILES string of the molecule is COc1cc(O)cc(OC)c1[C@H]1C2=CC[C@@H]3C(=O)N(CCCC(=O)O)C(=O)[C@@H]3[C@@H]2C[C@@]2(Cl)C(=O)N(c3ccc(F)cc3)C(=O)[C@@]12Cl. The molecule has 0 aromatic heterocycles. The molecule has 2 saturated heterocycles. The van der Waals surface area contributed by atoms with Crippen molar-refractivity contribution in [1.29, 1.82) is 0 Å². The van der Waals surface area contributed by atoms with E-state index in [4.69, 9.17) is 37.8 Å². The summed E-state index contributed by atoms with van der Waals surface area (Å²) >= 11 is 14.7. The number of allylic oxidation sites excluding steroid dienone is 2. The molecule has 4 aliphatic rings. The van der Waals surface area contributed by atoms with E-state index in [1.54, 1.807) is 6.08 Å². The molecule has 46 heavy (non-hydrogen) atoms. The van der Waals surface area contributed by atoms with E-state index in [9.17, 15) is 33.5 Å². The summed E-state index contributed by atoms with van der Waals surface area (Å²) in [7, 11) is 2.66. The molecule has 2 N–H and O–H groups in total. The molecular weight excluding hydrogens is 646 g/mol. The summed E-state index contributed by atoms with van der Waals surface area (Å²) in [4.78, 5) is 64.8. The lowest BCUT2D eigenvalue weighted by molar-refractivity contribution is -0.142. The number of carbonyl (C=O) groups excluding carboxylic acids is 4. The van der Waals surface area contributed by atoms with Gasteiger partial charge in [0, 0.05) is 36.6 Å². The van der Waals surface area contributed by atoms with Crippen LogP contribution in [0.3, 0.4) is 0 Å². The van der Waals surface area contributed by atoms with Gasteiger partial charge < -0.3 is 19.7 Å². The zero-order chi connectivity index (χ0) is 33.3. The van der Waals surface area contributed by atoms with Crippen LogP contribution in [0.5, 0.6) is 17.2 Å². The van der Waals surface area contributed by atoms with Gasteiger partial charge in [0.2, 0.25) is 11.8 Å². The lowest BCUT2D eigenvalue weighted by Crippen LogP contribution is -2.60. The predicted molar refractivity (Wildman–Crippen MR) is 161 cm³/mol. The highest BCUT2D eigenvalue weighted by atomic mass is 35.5. The fourth-order valence-electron chi connectivity index (χ4n) is 7.60. The normalized spacial score (nSPS) is 30.2. The zero-order valence-corrected chi connectivity index (χ0v) is 26.2. The molecule has 2 heterocycles. The molecule has 2 aromatic rings. The maximum absolute atomic E-state index is 14.5. The minimum atomic E-state index is -2.24. The van der Waals surface area contributed by atoms with Crippen LogP contribution in [0.25, 0.3) is 0 Å². The Balaban J connectivity index is 1.55. The van der Waals surface area contributed by atoms with Gasteiger partial charge >= 0.3 is 5.97 Å². The molecule has 0 unspecified atom stereocenters. The van der Waals surface area contributed by atoms with Gasteiger partial charge in [0.05, 0.1) is 31.7 Å². The quantitative estimate of drug-likeness (QED) is 0.241. The summed E-state index contributed by atoms with van der Waals surface area (Å²) in [5, 5.41) is 19.5. The van der Waals surface area contributed by atoms with Gasteiger partial charge in [0.15, 0.2) is 9.75 Å². The van der Waals surface area contributed by atoms with E-state index in [1.165, 1.54) is 38.5 Å². The van der Waals surface area contributed by atoms with Gasteiger partial charge in [-0.3, -0.25) is 28.9 Å². The number of halogens is 3. The Morgan fingerprint density at radius 2 is 1.63 bits per heavy atom. The van der Waals surface area contributed by atoms with Crippen molar-refractivity contribution in [3.8, 4) is 17.2 Å². The molecule has 0 radical (unpaired) electrons. The minimum absolute atomic E-state index is 0.0285. The summed E-state index contributed by atoms with van der Waals surface area (Å²) < 4.78 is 25.1. The summed E-state index contributed by atoms with van der Waals surface area (Å²) in [6, 6.07) is 7.23. The van der Waals surface area contributed by atoms with Crippen LogP contribution in [0.1, 0.15) is 37.2 Å². The van der Waals surface area contributed by atoms with Gasteiger partial charge in [-0.15, -0.1) is 23.2 Å². The average Bonchev–Trinajstić information content (AvgIpc) is 3.35. The van der Waals surface area contributed by atoms with Gasteiger partial charge in [-0.1, -0.05) is 11.6 Å². The van der Waals surface area contributed by atoms with Crippen molar-refractivity contribution in [2.24, 2.45) is 17.8 Å². The van der Waals surface area contributed by atoms with Crippen LogP contribution < -0.4 is 14.4 Å². The molecule has 11 nitrogen and oxygen atoms in total. The highest BCUT2D eigenvalue weighted by Gasteiger charge is 2.77. The van der Waals surface area contributed by atoms with Crippen LogP contribution in [0.4, 0.5) is 10.1 Å². The van der Waals surface area contributed by atoms with Crippen molar-refractivity contribution in [2.45, 2.75) is 41.3 Å². The molecule has 242 valence electrons. The van der Waals surface area contributed by atoms with Crippen LogP contribution in [0.2, 0.25) is 0 Å². The number of aliphatic carboxylic acids is 1. The van der Waals surface area contributed by atoms with Gasteiger partial charge in [0.1, 0.15) is 23.1 Å². The molecule has 0 spiro atoms. The first kappa shape index (κ1) is 31.8. The standard InChI is InChI=1S/C32H29Cl2FN2O9/c1-45-21-12-17(38)13-22(46-2)25(21)26-18-9-10-19-24(28(42)36(27(19)41)11-3-4-23(39)40)20(18)14-31(33)29(43)37(30(44)32(26,31)34)16-7-5-15(35)6-8-16/h5-9,12-13,19-20,24,26,38H,3-4,10-11,14H2,1-2H3,(H,39,40)/t19-,20+,24-,26+,31+,32-/m0/s1. The molecule has 1 saturated carbocycles. The van der Waals surface area contributed by atoms with Crippen LogP contribution >= 0.6 is 23.2 Å². The number of aromatic hydroxyl groups is 1. The van der Waals surface area contributed by atoms with Crippen LogP contribution in [0.15, 0.2) is 48.0 Å². The molecule has 4 amide bonds. The number of phenolic OH excluding ortho intramolecular Hbond substituents is 1. The number of ether oxygens (including phenoxy) is 2. The number of fused-ring (bicyclic) bond motifs is 4. The van der Waals surface area contributed by atoms with E-state index in [2.05, 4.69) is 0 Å². The molecular formula is C32H29Cl2FN2O9. The second-order valence-corrected chi connectivity index (χ2v) is 13.1. The summed E-state index contributed by atoms with van der Waals surface area (Å²) in [6.45, 7) is -0.0940. The first-order chi connectivity index (χ1) is 21.8. The van der Waals surface area contributed by atoms with Crippen LogP contribution in [-0.2, 0) is 24.0 Å². The number of alkyl halides is 2. The number of likely N-dealkylation sites (tertiary alicyclic amines) is 1. The number of amides is 4. The Morgan fingerprint density at radius 1 is 1.00 bits per heavy atom. The number of carboxylic acid groups (broad SMARTS) is 1. The van der Waals surface area contributed by atoms with E-state index in [0.29, 0.717) is 5.57 Å². The Hall–Kier alpha value is -4.16. The first-order valence-corrected chi connectivity index (χ1v) is 15.3. The van der Waals surface area contributed by atoms with E-state index >= 15 is 0 Å². The van der Waals surface area contributed by atoms with Gasteiger partial charge in [-0.2, -0.15) is 0 Å². The summed E-state index contributed by atoms with van der Waals surface area (Å²) in [5.74, 6) is -8.44. The number of imide groups is 2. The maximum atomic E-state index is 14.5. The molecule has 6 atom stereocenters. The lowest BCUT2D eigenvalue weighted by Gasteiger charge is -2.51. The number of methoxy groups -OCH3 is 2. The smallest absolute Gasteiger partial charge is 0.303 e. The highest BCUT2D eigenvalue weighted by molar-refractivity contribution is 6.58.